The Labute approximate surface area is 203 Å². The van der Waals surface area contributed by atoms with Crippen LogP contribution in [0, 0.1) is 0 Å². The van der Waals surface area contributed by atoms with Gasteiger partial charge in [0.15, 0.2) is 4.80 Å². The van der Waals surface area contributed by atoms with Gasteiger partial charge in [0.25, 0.3) is 11.5 Å². The van der Waals surface area contributed by atoms with Gasteiger partial charge in [-0.05, 0) is 45.2 Å². The SMILES string of the molecule is CCOC(=O)C1=C(C)N=c2s/c(=C3\C(=O)N(C(C)C)c4ccccc43)c(=O)n2[C@H]1c1cccs1. The van der Waals surface area contributed by atoms with Gasteiger partial charge < -0.3 is 9.64 Å². The third-order valence-electron chi connectivity index (χ3n) is 5.91. The lowest BCUT2D eigenvalue weighted by atomic mass is 10.0. The molecule has 0 spiro atoms. The standard InChI is InChI=1S/C25H23N3O4S2/c1-5-32-24(31)18-14(4)26-25-28(20(18)17-11-8-12-33-17)23(30)21(34-25)19-15-9-6-7-10-16(15)27(13(2)3)22(19)29/h6-13,20H,5H2,1-4H3/b21-19-/t20-/m0/s1. The molecule has 2 aromatic heterocycles. The van der Waals surface area contributed by atoms with E-state index in [9.17, 15) is 14.4 Å². The van der Waals surface area contributed by atoms with Crippen molar-refractivity contribution in [1.82, 2.24) is 4.57 Å². The lowest BCUT2D eigenvalue weighted by Gasteiger charge is -2.23. The predicted molar refractivity (Wildman–Crippen MR) is 133 cm³/mol. The van der Waals surface area contributed by atoms with E-state index < -0.39 is 12.0 Å². The first-order chi connectivity index (χ1) is 16.3. The van der Waals surface area contributed by atoms with Gasteiger partial charge in [-0.25, -0.2) is 9.79 Å². The quantitative estimate of drug-likeness (QED) is 0.524. The van der Waals surface area contributed by atoms with Crippen molar-refractivity contribution in [2.24, 2.45) is 4.99 Å². The van der Waals surface area contributed by atoms with Crippen LogP contribution >= 0.6 is 22.7 Å². The van der Waals surface area contributed by atoms with Crippen LogP contribution in [0.25, 0.3) is 5.57 Å². The number of esters is 1. The molecule has 1 aromatic carbocycles. The third-order valence-corrected chi connectivity index (χ3v) is 7.89. The first-order valence-corrected chi connectivity index (χ1v) is 12.7. The Morgan fingerprint density at radius 3 is 2.62 bits per heavy atom. The van der Waals surface area contributed by atoms with Crippen LogP contribution in [0.2, 0.25) is 0 Å². The molecule has 0 N–H and O–H groups in total. The molecule has 2 aliphatic rings. The van der Waals surface area contributed by atoms with E-state index in [1.807, 2.05) is 55.6 Å². The van der Waals surface area contributed by atoms with E-state index in [4.69, 9.17) is 4.74 Å². The number of fused-ring (bicyclic) bond motifs is 2. The van der Waals surface area contributed by atoms with Crippen LogP contribution in [-0.2, 0) is 14.3 Å². The van der Waals surface area contributed by atoms with Crippen LogP contribution in [0.5, 0.6) is 0 Å². The minimum absolute atomic E-state index is 0.0635. The Bertz CT molecular complexity index is 1530. The number of hydrogen-bond donors (Lipinski definition) is 0. The fourth-order valence-electron chi connectivity index (χ4n) is 4.53. The third kappa shape index (κ3) is 3.30. The molecule has 0 saturated heterocycles. The Morgan fingerprint density at radius 2 is 1.94 bits per heavy atom. The van der Waals surface area contributed by atoms with Gasteiger partial charge >= 0.3 is 5.97 Å². The Balaban J connectivity index is 1.82. The molecule has 0 bridgehead atoms. The molecular weight excluding hydrogens is 470 g/mol. The maximum absolute atomic E-state index is 13.9. The van der Waals surface area contributed by atoms with Crippen molar-refractivity contribution in [3.8, 4) is 0 Å². The summed E-state index contributed by atoms with van der Waals surface area (Å²) in [5.41, 5.74) is 2.44. The number of amides is 1. The molecule has 9 heteroatoms. The molecule has 4 heterocycles. The molecule has 3 aromatic rings. The molecule has 2 aliphatic heterocycles. The number of thiophene rings is 1. The zero-order valence-electron chi connectivity index (χ0n) is 19.2. The van der Waals surface area contributed by atoms with E-state index in [2.05, 4.69) is 4.99 Å². The summed E-state index contributed by atoms with van der Waals surface area (Å²) in [6.45, 7) is 7.62. The number of aromatic nitrogens is 1. The Kier molecular flexibility index (Phi) is 5.61. The van der Waals surface area contributed by atoms with Gasteiger partial charge in [-0.15, -0.1) is 11.3 Å². The van der Waals surface area contributed by atoms with Crippen molar-refractivity contribution in [2.45, 2.75) is 39.8 Å². The molecule has 0 fully saturated rings. The molecule has 0 radical (unpaired) electrons. The van der Waals surface area contributed by atoms with Gasteiger partial charge in [0.1, 0.15) is 10.6 Å². The van der Waals surface area contributed by atoms with E-state index in [1.165, 1.54) is 27.2 Å². The van der Waals surface area contributed by atoms with E-state index >= 15 is 0 Å². The average molecular weight is 494 g/mol. The van der Waals surface area contributed by atoms with Crippen molar-refractivity contribution < 1.29 is 14.3 Å². The summed E-state index contributed by atoms with van der Waals surface area (Å²) in [5.74, 6) is -0.691. The number of ether oxygens (including phenoxy) is 1. The second kappa shape index (κ2) is 8.48. The minimum Gasteiger partial charge on any atom is -0.463 e. The van der Waals surface area contributed by atoms with E-state index in [0.29, 0.717) is 26.2 Å². The molecule has 0 aliphatic carbocycles. The van der Waals surface area contributed by atoms with E-state index in [-0.39, 0.29) is 24.1 Å². The molecule has 0 unspecified atom stereocenters. The first kappa shape index (κ1) is 22.5. The van der Waals surface area contributed by atoms with Gasteiger partial charge in [0.2, 0.25) is 0 Å². The monoisotopic (exact) mass is 493 g/mol. The van der Waals surface area contributed by atoms with Crippen molar-refractivity contribution in [1.29, 1.82) is 0 Å². The fraction of sp³-hybridized carbons (Fsp3) is 0.280. The number of thiazole rings is 1. The van der Waals surface area contributed by atoms with Crippen LogP contribution in [-0.4, -0.2) is 29.1 Å². The van der Waals surface area contributed by atoms with Crippen molar-refractivity contribution >= 4 is 45.8 Å². The number of nitrogens with zero attached hydrogens (tertiary/aromatic N) is 3. The van der Waals surface area contributed by atoms with Crippen LogP contribution < -0.4 is 19.8 Å². The summed E-state index contributed by atoms with van der Waals surface area (Å²) < 4.78 is 7.18. The number of carbonyl (C=O) groups is 2. The maximum atomic E-state index is 13.9. The van der Waals surface area contributed by atoms with Crippen molar-refractivity contribution in [3.63, 3.8) is 0 Å². The molecule has 1 atom stereocenters. The van der Waals surface area contributed by atoms with Gasteiger partial charge in [0.05, 0.1) is 29.1 Å². The smallest absolute Gasteiger partial charge is 0.338 e. The zero-order chi connectivity index (χ0) is 24.1. The van der Waals surface area contributed by atoms with Crippen molar-refractivity contribution in [3.05, 3.63) is 83.2 Å². The number of anilines is 1. The molecule has 5 rings (SSSR count). The normalized spacial score (nSPS) is 18.8. The second-order valence-electron chi connectivity index (χ2n) is 8.30. The minimum atomic E-state index is -0.655. The summed E-state index contributed by atoms with van der Waals surface area (Å²) in [6.07, 6.45) is 0. The van der Waals surface area contributed by atoms with Gasteiger partial charge in [0, 0.05) is 16.5 Å². The van der Waals surface area contributed by atoms with Gasteiger partial charge in [-0.2, -0.15) is 0 Å². The van der Waals surface area contributed by atoms with Crippen LogP contribution in [0.15, 0.2) is 62.8 Å². The lowest BCUT2D eigenvalue weighted by Crippen LogP contribution is -2.41. The first-order valence-electron chi connectivity index (χ1n) is 11.0. The Morgan fingerprint density at radius 1 is 1.18 bits per heavy atom. The highest BCUT2D eigenvalue weighted by molar-refractivity contribution is 7.10. The van der Waals surface area contributed by atoms with E-state index in [0.717, 1.165) is 16.1 Å². The fourth-order valence-corrected chi connectivity index (χ4v) is 6.49. The molecular formula is C25H23N3O4S2. The topological polar surface area (TPSA) is 81.0 Å². The molecule has 34 heavy (non-hydrogen) atoms. The summed E-state index contributed by atoms with van der Waals surface area (Å²) in [4.78, 5) is 48.0. The number of para-hydroxylation sites is 1. The van der Waals surface area contributed by atoms with Crippen molar-refractivity contribution in [2.75, 3.05) is 11.5 Å². The van der Waals surface area contributed by atoms with Crippen LogP contribution in [0.3, 0.4) is 0 Å². The average Bonchev–Trinajstić information content (AvgIpc) is 3.49. The second-order valence-corrected chi connectivity index (χ2v) is 10.3. The number of rotatable bonds is 4. The van der Waals surface area contributed by atoms with Gasteiger partial charge in [-0.3, -0.25) is 14.2 Å². The number of carbonyl (C=O) groups excluding carboxylic acids is 2. The summed E-state index contributed by atoms with van der Waals surface area (Å²) in [5, 5.41) is 1.91. The highest BCUT2D eigenvalue weighted by atomic mass is 32.1. The van der Waals surface area contributed by atoms with E-state index in [1.54, 1.807) is 18.7 Å². The van der Waals surface area contributed by atoms with Gasteiger partial charge in [-0.1, -0.05) is 35.6 Å². The summed E-state index contributed by atoms with van der Waals surface area (Å²) in [7, 11) is 0. The Hall–Kier alpha value is -3.30. The summed E-state index contributed by atoms with van der Waals surface area (Å²) in [6, 6.07) is 10.6. The largest absolute Gasteiger partial charge is 0.463 e. The lowest BCUT2D eigenvalue weighted by molar-refractivity contribution is -0.139. The summed E-state index contributed by atoms with van der Waals surface area (Å²) >= 11 is 2.65. The number of benzene rings is 1. The zero-order valence-corrected chi connectivity index (χ0v) is 20.8. The van der Waals surface area contributed by atoms with Crippen LogP contribution in [0.1, 0.15) is 44.2 Å². The number of hydrogen-bond acceptors (Lipinski definition) is 7. The van der Waals surface area contributed by atoms with Crippen LogP contribution in [0.4, 0.5) is 5.69 Å². The maximum Gasteiger partial charge on any atom is 0.338 e. The molecule has 1 amide bonds. The predicted octanol–water partition coefficient (Wildman–Crippen LogP) is 2.99. The molecule has 7 nitrogen and oxygen atoms in total. The highest BCUT2D eigenvalue weighted by Gasteiger charge is 2.38. The molecule has 0 saturated carbocycles. The highest BCUT2D eigenvalue weighted by Crippen LogP contribution is 2.37. The molecule has 174 valence electrons. The number of allylic oxidation sites excluding steroid dienone is 1.